The maximum atomic E-state index is 12.9. The van der Waals surface area contributed by atoms with Gasteiger partial charge in [0.25, 0.3) is 5.91 Å². The van der Waals surface area contributed by atoms with Gasteiger partial charge in [-0.3, -0.25) is 9.59 Å². The van der Waals surface area contributed by atoms with Crippen LogP contribution in [0.15, 0.2) is 28.8 Å². The lowest BCUT2D eigenvalue weighted by molar-refractivity contribution is -0.117. The van der Waals surface area contributed by atoms with Crippen molar-refractivity contribution in [2.24, 2.45) is 0 Å². The van der Waals surface area contributed by atoms with Crippen LogP contribution in [-0.2, 0) is 4.79 Å². The van der Waals surface area contributed by atoms with Crippen LogP contribution >= 0.6 is 0 Å². The lowest BCUT2D eigenvalue weighted by Gasteiger charge is -2.23. The Morgan fingerprint density at radius 3 is 2.64 bits per heavy atom. The third-order valence-corrected chi connectivity index (χ3v) is 4.85. The predicted octanol–water partition coefficient (Wildman–Crippen LogP) is 2.48. The summed E-state index contributed by atoms with van der Waals surface area (Å²) in [5, 5.41) is 3.97. The average Bonchev–Trinajstić information content (AvgIpc) is 3.34. The Kier molecular flexibility index (Phi) is 3.99. The molecule has 2 fully saturated rings. The molecule has 0 bridgehead atoms. The highest BCUT2D eigenvalue weighted by molar-refractivity contribution is 5.97. The quantitative estimate of drug-likeness (QED) is 0.857. The zero-order valence-corrected chi connectivity index (χ0v) is 14.1. The number of aryl methyl sites for hydroxylation is 1. The predicted molar refractivity (Wildman–Crippen MR) is 90.1 cm³/mol. The number of nitrogens with zero attached hydrogens (tertiary/aromatic N) is 4. The molecule has 0 spiro atoms. The van der Waals surface area contributed by atoms with Crippen LogP contribution in [0.5, 0.6) is 0 Å². The number of hydrogen-bond donors (Lipinski definition) is 0. The first-order valence-electron chi connectivity index (χ1n) is 8.65. The number of aromatic nitrogens is 2. The molecule has 1 unspecified atom stereocenters. The topological polar surface area (TPSA) is 79.5 Å². The molecule has 130 valence electrons. The van der Waals surface area contributed by atoms with Crippen molar-refractivity contribution in [1.29, 1.82) is 0 Å². The molecule has 3 heterocycles. The molecule has 7 nitrogen and oxygen atoms in total. The average molecular weight is 340 g/mol. The third kappa shape index (κ3) is 2.90. The Morgan fingerprint density at radius 1 is 1.20 bits per heavy atom. The number of likely N-dealkylation sites (tertiary alicyclic amines) is 1. The smallest absolute Gasteiger partial charge is 0.254 e. The summed E-state index contributed by atoms with van der Waals surface area (Å²) < 4.78 is 5.06. The molecule has 0 saturated carbocycles. The van der Waals surface area contributed by atoms with Gasteiger partial charge in [-0.15, -0.1) is 0 Å². The SMILES string of the molecule is Cc1nc(C2CCCN2C(=O)c2ccc(N3CCCC3=O)cc2)no1. The molecule has 2 aliphatic rings. The molecule has 7 heteroatoms. The Labute approximate surface area is 145 Å². The van der Waals surface area contributed by atoms with E-state index in [0.717, 1.165) is 31.5 Å². The number of carbonyl (C=O) groups is 2. The molecule has 2 amide bonds. The van der Waals surface area contributed by atoms with Crippen molar-refractivity contribution in [1.82, 2.24) is 15.0 Å². The first-order valence-corrected chi connectivity index (χ1v) is 8.65. The summed E-state index contributed by atoms with van der Waals surface area (Å²) >= 11 is 0. The largest absolute Gasteiger partial charge is 0.340 e. The molecular formula is C18H20N4O3. The lowest BCUT2D eigenvalue weighted by atomic mass is 10.1. The summed E-state index contributed by atoms with van der Waals surface area (Å²) in [6.07, 6.45) is 3.24. The normalized spacial score (nSPS) is 20.5. The number of anilines is 1. The molecule has 2 aliphatic heterocycles. The monoisotopic (exact) mass is 340 g/mol. The van der Waals surface area contributed by atoms with E-state index in [9.17, 15) is 9.59 Å². The molecule has 1 aromatic carbocycles. The minimum Gasteiger partial charge on any atom is -0.340 e. The van der Waals surface area contributed by atoms with Gasteiger partial charge in [-0.25, -0.2) is 0 Å². The lowest BCUT2D eigenvalue weighted by Crippen LogP contribution is -2.31. The van der Waals surface area contributed by atoms with Crippen LogP contribution in [0.1, 0.15) is 53.8 Å². The van der Waals surface area contributed by atoms with E-state index in [1.807, 2.05) is 12.1 Å². The van der Waals surface area contributed by atoms with Crippen molar-refractivity contribution in [2.75, 3.05) is 18.0 Å². The molecule has 1 aromatic heterocycles. The van der Waals surface area contributed by atoms with E-state index in [0.29, 0.717) is 30.2 Å². The zero-order chi connectivity index (χ0) is 17.4. The first-order chi connectivity index (χ1) is 12.1. The Morgan fingerprint density at radius 2 is 2.00 bits per heavy atom. The Bertz CT molecular complexity index is 799. The second kappa shape index (κ2) is 6.31. The van der Waals surface area contributed by atoms with Gasteiger partial charge in [0.1, 0.15) is 0 Å². The summed E-state index contributed by atoms with van der Waals surface area (Å²) in [7, 11) is 0. The van der Waals surface area contributed by atoms with Crippen LogP contribution in [-0.4, -0.2) is 39.9 Å². The number of amides is 2. The molecule has 2 saturated heterocycles. The van der Waals surface area contributed by atoms with Gasteiger partial charge >= 0.3 is 0 Å². The van der Waals surface area contributed by atoms with Crippen LogP contribution in [0.4, 0.5) is 5.69 Å². The van der Waals surface area contributed by atoms with Gasteiger partial charge in [-0.2, -0.15) is 4.98 Å². The van der Waals surface area contributed by atoms with Crippen LogP contribution in [0.2, 0.25) is 0 Å². The minimum atomic E-state index is -0.134. The zero-order valence-electron chi connectivity index (χ0n) is 14.1. The fourth-order valence-electron chi connectivity index (χ4n) is 3.60. The highest BCUT2D eigenvalue weighted by Gasteiger charge is 2.33. The van der Waals surface area contributed by atoms with E-state index in [4.69, 9.17) is 4.52 Å². The fraction of sp³-hybridized carbons (Fsp3) is 0.444. The maximum Gasteiger partial charge on any atom is 0.254 e. The summed E-state index contributed by atoms with van der Waals surface area (Å²) in [5.41, 5.74) is 1.47. The molecule has 1 atom stereocenters. The van der Waals surface area contributed by atoms with Gasteiger partial charge < -0.3 is 14.3 Å². The maximum absolute atomic E-state index is 12.9. The van der Waals surface area contributed by atoms with Crippen molar-refractivity contribution in [2.45, 2.75) is 38.6 Å². The molecule has 2 aromatic rings. The van der Waals surface area contributed by atoms with Gasteiger partial charge in [-0.1, -0.05) is 5.16 Å². The summed E-state index contributed by atoms with van der Waals surface area (Å²) in [4.78, 5) is 32.6. The summed E-state index contributed by atoms with van der Waals surface area (Å²) in [6, 6.07) is 7.14. The Balaban J connectivity index is 1.53. The molecule has 25 heavy (non-hydrogen) atoms. The standard InChI is InChI=1S/C18H20N4O3/c1-12-19-17(20-25-12)15-4-2-11-22(15)18(24)13-6-8-14(9-7-13)21-10-3-5-16(21)23/h6-9,15H,2-5,10-11H2,1H3. The fourth-order valence-corrected chi connectivity index (χ4v) is 3.60. The number of rotatable bonds is 3. The van der Waals surface area contributed by atoms with Crippen molar-refractivity contribution in [3.63, 3.8) is 0 Å². The van der Waals surface area contributed by atoms with E-state index >= 15 is 0 Å². The molecule has 0 N–H and O–H groups in total. The van der Waals surface area contributed by atoms with Gasteiger partial charge in [-0.05, 0) is 43.5 Å². The highest BCUT2D eigenvalue weighted by atomic mass is 16.5. The second-order valence-electron chi connectivity index (χ2n) is 6.52. The Hall–Kier alpha value is -2.70. The van der Waals surface area contributed by atoms with E-state index < -0.39 is 0 Å². The van der Waals surface area contributed by atoms with Gasteiger partial charge in [0.2, 0.25) is 11.8 Å². The van der Waals surface area contributed by atoms with E-state index in [-0.39, 0.29) is 17.9 Å². The molecule has 4 rings (SSSR count). The van der Waals surface area contributed by atoms with Crippen molar-refractivity contribution in [3.05, 3.63) is 41.5 Å². The van der Waals surface area contributed by atoms with Crippen molar-refractivity contribution < 1.29 is 14.1 Å². The van der Waals surface area contributed by atoms with E-state index in [1.165, 1.54) is 0 Å². The number of hydrogen-bond acceptors (Lipinski definition) is 5. The van der Waals surface area contributed by atoms with Gasteiger partial charge in [0.15, 0.2) is 5.82 Å². The molecule has 0 radical (unpaired) electrons. The van der Waals surface area contributed by atoms with Crippen LogP contribution in [0.25, 0.3) is 0 Å². The molecule has 0 aliphatic carbocycles. The van der Waals surface area contributed by atoms with E-state index in [2.05, 4.69) is 10.1 Å². The first kappa shape index (κ1) is 15.8. The van der Waals surface area contributed by atoms with Gasteiger partial charge in [0.05, 0.1) is 6.04 Å². The van der Waals surface area contributed by atoms with E-state index in [1.54, 1.807) is 28.9 Å². The van der Waals surface area contributed by atoms with Crippen molar-refractivity contribution >= 4 is 17.5 Å². The van der Waals surface area contributed by atoms with Crippen LogP contribution < -0.4 is 4.90 Å². The van der Waals surface area contributed by atoms with Crippen LogP contribution in [0, 0.1) is 6.92 Å². The van der Waals surface area contributed by atoms with Crippen LogP contribution in [0.3, 0.4) is 0 Å². The van der Waals surface area contributed by atoms with Crippen molar-refractivity contribution in [3.8, 4) is 0 Å². The minimum absolute atomic E-state index is 0.0377. The third-order valence-electron chi connectivity index (χ3n) is 4.85. The number of carbonyl (C=O) groups excluding carboxylic acids is 2. The highest BCUT2D eigenvalue weighted by Crippen LogP contribution is 2.32. The summed E-state index contributed by atoms with van der Waals surface area (Å²) in [5.74, 6) is 1.19. The second-order valence-corrected chi connectivity index (χ2v) is 6.52. The number of benzene rings is 1. The summed E-state index contributed by atoms with van der Waals surface area (Å²) in [6.45, 7) is 3.18. The van der Waals surface area contributed by atoms with Gasteiger partial charge in [0, 0.05) is 37.7 Å². The molecular weight excluding hydrogens is 320 g/mol.